The van der Waals surface area contributed by atoms with E-state index in [1.54, 1.807) is 12.1 Å². The lowest BCUT2D eigenvalue weighted by Gasteiger charge is -2.30. The van der Waals surface area contributed by atoms with E-state index in [2.05, 4.69) is 20.8 Å². The molecular formula is C17H19N5O4S. The number of nitrogens with one attached hydrogen (secondary N) is 2. The second-order valence-corrected chi connectivity index (χ2v) is 7.70. The van der Waals surface area contributed by atoms with Gasteiger partial charge in [-0.3, -0.25) is 14.5 Å². The van der Waals surface area contributed by atoms with E-state index < -0.39 is 11.6 Å². The van der Waals surface area contributed by atoms with Crippen LogP contribution in [0.4, 0.5) is 9.93 Å². The van der Waals surface area contributed by atoms with E-state index in [4.69, 9.17) is 4.42 Å². The molecule has 4 rings (SSSR count). The van der Waals surface area contributed by atoms with Crippen LogP contribution >= 0.6 is 11.3 Å². The van der Waals surface area contributed by atoms with E-state index in [-0.39, 0.29) is 24.8 Å². The highest BCUT2D eigenvalue weighted by molar-refractivity contribution is 7.18. The summed E-state index contributed by atoms with van der Waals surface area (Å²) in [6, 6.07) is 3.09. The maximum absolute atomic E-state index is 12.7. The number of furan rings is 1. The number of nitrogens with zero attached hydrogens (tertiary/aromatic N) is 3. The van der Waals surface area contributed by atoms with Gasteiger partial charge in [0.1, 0.15) is 5.54 Å². The fourth-order valence-corrected chi connectivity index (χ4v) is 4.27. The van der Waals surface area contributed by atoms with Gasteiger partial charge in [0.15, 0.2) is 10.8 Å². The Balaban J connectivity index is 1.33. The summed E-state index contributed by atoms with van der Waals surface area (Å²) in [5, 5.41) is 14.2. The molecule has 142 valence electrons. The van der Waals surface area contributed by atoms with Gasteiger partial charge in [0, 0.05) is 13.0 Å². The van der Waals surface area contributed by atoms with Crippen molar-refractivity contribution in [1.29, 1.82) is 0 Å². The maximum Gasteiger partial charge on any atom is 0.325 e. The number of carbonyl (C=O) groups excluding carboxylic acids is 3. The predicted octanol–water partition coefficient (Wildman–Crippen LogP) is 2.38. The van der Waals surface area contributed by atoms with Crippen LogP contribution in [-0.2, 0) is 9.59 Å². The Morgan fingerprint density at radius 3 is 2.85 bits per heavy atom. The molecule has 2 aromatic rings. The zero-order valence-corrected chi connectivity index (χ0v) is 15.4. The highest BCUT2D eigenvalue weighted by Crippen LogP contribution is 2.33. The van der Waals surface area contributed by atoms with Crippen molar-refractivity contribution in [2.24, 2.45) is 0 Å². The van der Waals surface area contributed by atoms with Crippen LogP contribution in [0.5, 0.6) is 0 Å². The lowest BCUT2D eigenvalue weighted by atomic mass is 9.82. The normalized spacial score (nSPS) is 18.7. The molecule has 1 aliphatic carbocycles. The van der Waals surface area contributed by atoms with E-state index in [9.17, 15) is 14.4 Å². The van der Waals surface area contributed by atoms with Crippen molar-refractivity contribution in [2.45, 2.75) is 44.1 Å². The Morgan fingerprint density at radius 2 is 2.11 bits per heavy atom. The number of urea groups is 1. The van der Waals surface area contributed by atoms with Crippen molar-refractivity contribution >= 4 is 34.3 Å². The monoisotopic (exact) mass is 389 g/mol. The largest absolute Gasteiger partial charge is 0.462 e. The molecule has 27 heavy (non-hydrogen) atoms. The Morgan fingerprint density at radius 1 is 1.30 bits per heavy atom. The summed E-state index contributed by atoms with van der Waals surface area (Å²) in [7, 11) is 0. The van der Waals surface area contributed by atoms with Crippen molar-refractivity contribution in [1.82, 2.24) is 20.4 Å². The highest BCUT2D eigenvalue weighted by Gasteiger charge is 2.51. The van der Waals surface area contributed by atoms with Crippen molar-refractivity contribution in [3.63, 3.8) is 0 Å². The fourth-order valence-electron chi connectivity index (χ4n) is 3.54. The summed E-state index contributed by atoms with van der Waals surface area (Å²) in [6.45, 7) is 0.0437. The molecule has 2 N–H and O–H groups in total. The van der Waals surface area contributed by atoms with Gasteiger partial charge in [-0.15, -0.1) is 10.2 Å². The van der Waals surface area contributed by atoms with Crippen molar-refractivity contribution in [2.75, 3.05) is 11.9 Å². The van der Waals surface area contributed by atoms with E-state index >= 15 is 0 Å². The second kappa shape index (κ2) is 7.10. The third-order valence-corrected chi connectivity index (χ3v) is 5.77. The topological polar surface area (TPSA) is 117 Å². The molecule has 2 aliphatic rings. The van der Waals surface area contributed by atoms with Gasteiger partial charge < -0.3 is 15.1 Å². The maximum atomic E-state index is 12.7. The Labute approximate surface area is 159 Å². The highest BCUT2D eigenvalue weighted by atomic mass is 32.1. The smallest absolute Gasteiger partial charge is 0.325 e. The molecule has 10 heteroatoms. The zero-order valence-electron chi connectivity index (χ0n) is 14.6. The molecule has 0 radical (unpaired) electrons. The molecule has 0 atom stereocenters. The summed E-state index contributed by atoms with van der Waals surface area (Å²) >= 11 is 1.19. The summed E-state index contributed by atoms with van der Waals surface area (Å²) in [6.07, 6.45) is 5.80. The molecule has 3 heterocycles. The molecule has 1 aliphatic heterocycles. The minimum Gasteiger partial charge on any atom is -0.462 e. The number of imide groups is 1. The first kappa shape index (κ1) is 17.7. The van der Waals surface area contributed by atoms with Crippen molar-refractivity contribution in [3.05, 3.63) is 18.4 Å². The summed E-state index contributed by atoms with van der Waals surface area (Å²) in [4.78, 5) is 38.2. The standard InChI is InChI=1S/C17H19N5O4S/c23-12(18-15-21-20-13(27-15)11-5-4-10-26-11)6-9-22-14(24)17(19-16(22)25)7-2-1-3-8-17/h4-5,10H,1-3,6-9H2,(H,19,25)(H,18,21,23). The molecule has 0 aromatic carbocycles. The van der Waals surface area contributed by atoms with Gasteiger partial charge in [-0.05, 0) is 25.0 Å². The lowest BCUT2D eigenvalue weighted by molar-refractivity contribution is -0.132. The van der Waals surface area contributed by atoms with Gasteiger partial charge in [0.25, 0.3) is 5.91 Å². The van der Waals surface area contributed by atoms with Gasteiger partial charge in [0.05, 0.1) is 6.26 Å². The summed E-state index contributed by atoms with van der Waals surface area (Å²) in [5.41, 5.74) is -0.761. The number of anilines is 1. The van der Waals surface area contributed by atoms with Gasteiger partial charge >= 0.3 is 6.03 Å². The van der Waals surface area contributed by atoms with Gasteiger partial charge in [-0.25, -0.2) is 4.79 Å². The number of carbonyl (C=O) groups is 3. The third kappa shape index (κ3) is 3.44. The average molecular weight is 389 g/mol. The molecule has 1 saturated heterocycles. The summed E-state index contributed by atoms with van der Waals surface area (Å²) in [5.74, 6) is 0.0310. The van der Waals surface area contributed by atoms with Crippen LogP contribution in [0.3, 0.4) is 0 Å². The molecule has 4 amide bonds. The molecule has 2 aromatic heterocycles. The molecule has 1 spiro atoms. The van der Waals surface area contributed by atoms with Crippen LogP contribution in [-0.4, -0.2) is 45.0 Å². The Kier molecular flexibility index (Phi) is 4.65. The predicted molar refractivity (Wildman–Crippen MR) is 96.9 cm³/mol. The van der Waals surface area contributed by atoms with Crippen LogP contribution < -0.4 is 10.6 Å². The average Bonchev–Trinajstić information content (AvgIpc) is 3.37. The lowest BCUT2D eigenvalue weighted by Crippen LogP contribution is -2.48. The quantitative estimate of drug-likeness (QED) is 0.758. The van der Waals surface area contributed by atoms with E-state index in [1.165, 1.54) is 17.6 Å². The third-order valence-electron chi connectivity index (χ3n) is 4.92. The van der Waals surface area contributed by atoms with Gasteiger partial charge in [-0.1, -0.05) is 30.6 Å². The molecule has 0 bridgehead atoms. The molecule has 2 fully saturated rings. The van der Waals surface area contributed by atoms with Crippen LogP contribution in [0, 0.1) is 0 Å². The minimum atomic E-state index is -0.761. The summed E-state index contributed by atoms with van der Waals surface area (Å²) < 4.78 is 5.24. The number of amides is 4. The van der Waals surface area contributed by atoms with Crippen LogP contribution in [0.15, 0.2) is 22.8 Å². The van der Waals surface area contributed by atoms with Gasteiger partial charge in [-0.2, -0.15) is 0 Å². The van der Waals surface area contributed by atoms with E-state index in [1.807, 2.05) is 0 Å². The van der Waals surface area contributed by atoms with Crippen molar-refractivity contribution < 1.29 is 18.8 Å². The zero-order chi connectivity index (χ0) is 18.9. The number of hydrogen-bond acceptors (Lipinski definition) is 7. The van der Waals surface area contributed by atoms with E-state index in [0.29, 0.717) is 28.7 Å². The molecule has 1 saturated carbocycles. The first-order valence-corrected chi connectivity index (χ1v) is 9.70. The molecular weight excluding hydrogens is 370 g/mol. The molecule has 0 unspecified atom stereocenters. The SMILES string of the molecule is O=C(CCN1C(=O)NC2(CCCCC2)C1=O)Nc1nnc(-c2ccco2)s1. The minimum absolute atomic E-state index is 0.00487. The first-order valence-electron chi connectivity index (χ1n) is 8.89. The van der Waals surface area contributed by atoms with Crippen LogP contribution in [0.1, 0.15) is 38.5 Å². The molecule has 9 nitrogen and oxygen atoms in total. The second-order valence-electron chi connectivity index (χ2n) is 6.72. The Hall–Kier alpha value is -2.75. The number of aromatic nitrogens is 2. The first-order chi connectivity index (χ1) is 13.1. The van der Waals surface area contributed by atoms with Crippen molar-refractivity contribution in [3.8, 4) is 10.8 Å². The fraction of sp³-hybridized carbons (Fsp3) is 0.471. The van der Waals surface area contributed by atoms with Gasteiger partial charge in [0.2, 0.25) is 11.0 Å². The van der Waals surface area contributed by atoms with Crippen LogP contribution in [0.2, 0.25) is 0 Å². The number of hydrogen-bond donors (Lipinski definition) is 2. The number of rotatable bonds is 5. The van der Waals surface area contributed by atoms with E-state index in [0.717, 1.165) is 24.2 Å². The Bertz CT molecular complexity index is 857. The van der Waals surface area contributed by atoms with Crippen LogP contribution in [0.25, 0.3) is 10.8 Å².